The molecule has 0 saturated heterocycles. The van der Waals surface area contributed by atoms with Crippen molar-refractivity contribution in [2.45, 2.75) is 63.4 Å². The summed E-state index contributed by atoms with van der Waals surface area (Å²) in [6.45, 7) is 2.37. The summed E-state index contributed by atoms with van der Waals surface area (Å²) >= 11 is 1.45. The Kier molecular flexibility index (Phi) is 10.1. The SMILES string of the molecule is Cc1ccccc1CN(C(=O)CSCc1ccc([N+](=O)[O-])cc1)[C@H](Cc1ccccc1)C(=O)NC1CCCC1. The van der Waals surface area contributed by atoms with E-state index in [1.807, 2.05) is 61.5 Å². The van der Waals surface area contributed by atoms with Crippen molar-refractivity contribution < 1.29 is 14.5 Å². The van der Waals surface area contributed by atoms with Gasteiger partial charge in [-0.2, -0.15) is 0 Å². The van der Waals surface area contributed by atoms with Crippen molar-refractivity contribution >= 4 is 29.3 Å². The Hall–Kier alpha value is -3.65. The van der Waals surface area contributed by atoms with E-state index in [9.17, 15) is 19.7 Å². The lowest BCUT2D eigenvalue weighted by molar-refractivity contribution is -0.384. The summed E-state index contributed by atoms with van der Waals surface area (Å²) in [6, 6.07) is 23.7. The number of nitro benzene ring substituents is 1. The first-order chi connectivity index (χ1) is 18.9. The largest absolute Gasteiger partial charge is 0.352 e. The monoisotopic (exact) mass is 545 g/mol. The molecule has 0 spiro atoms. The van der Waals surface area contributed by atoms with E-state index in [1.54, 1.807) is 17.0 Å². The number of carbonyl (C=O) groups is 2. The molecule has 1 saturated carbocycles. The van der Waals surface area contributed by atoms with Crippen LogP contribution in [0.1, 0.15) is 47.9 Å². The molecule has 4 rings (SSSR count). The van der Waals surface area contributed by atoms with Crippen molar-refractivity contribution in [1.29, 1.82) is 0 Å². The second-order valence-electron chi connectivity index (χ2n) is 10.1. The van der Waals surface area contributed by atoms with Crippen LogP contribution in [0.4, 0.5) is 5.69 Å². The number of nitro groups is 1. The normalized spacial score (nSPS) is 14.1. The van der Waals surface area contributed by atoms with Gasteiger partial charge in [-0.15, -0.1) is 11.8 Å². The van der Waals surface area contributed by atoms with Gasteiger partial charge in [0.05, 0.1) is 10.7 Å². The van der Waals surface area contributed by atoms with Crippen LogP contribution >= 0.6 is 11.8 Å². The number of aryl methyl sites for hydroxylation is 1. The lowest BCUT2D eigenvalue weighted by Crippen LogP contribution is -2.52. The molecule has 1 fully saturated rings. The average molecular weight is 546 g/mol. The van der Waals surface area contributed by atoms with E-state index in [2.05, 4.69) is 5.32 Å². The molecule has 0 heterocycles. The van der Waals surface area contributed by atoms with Gasteiger partial charge in [0.1, 0.15) is 6.04 Å². The predicted octanol–water partition coefficient (Wildman–Crippen LogP) is 5.84. The van der Waals surface area contributed by atoms with Crippen LogP contribution in [-0.2, 0) is 28.3 Å². The summed E-state index contributed by atoms with van der Waals surface area (Å²) in [5, 5.41) is 14.2. The molecule has 1 N–H and O–H groups in total. The zero-order valence-corrected chi connectivity index (χ0v) is 23.1. The summed E-state index contributed by atoms with van der Waals surface area (Å²) in [7, 11) is 0. The van der Waals surface area contributed by atoms with Gasteiger partial charge in [-0.3, -0.25) is 19.7 Å². The number of non-ortho nitro benzene ring substituents is 1. The number of nitrogens with zero attached hydrogens (tertiary/aromatic N) is 2. The quantitative estimate of drug-likeness (QED) is 0.228. The Morgan fingerprint density at radius 3 is 2.31 bits per heavy atom. The average Bonchev–Trinajstić information content (AvgIpc) is 3.45. The van der Waals surface area contributed by atoms with Crippen LogP contribution in [0.2, 0.25) is 0 Å². The molecule has 1 atom stereocenters. The molecule has 0 radical (unpaired) electrons. The Morgan fingerprint density at radius 2 is 1.64 bits per heavy atom. The first-order valence-electron chi connectivity index (χ1n) is 13.4. The van der Waals surface area contributed by atoms with E-state index in [0.29, 0.717) is 18.7 Å². The molecule has 0 aliphatic heterocycles. The van der Waals surface area contributed by atoms with Crippen LogP contribution in [0.25, 0.3) is 0 Å². The van der Waals surface area contributed by atoms with Crippen LogP contribution in [0.3, 0.4) is 0 Å². The van der Waals surface area contributed by atoms with Crippen molar-refractivity contribution in [2.24, 2.45) is 0 Å². The number of hydrogen-bond donors (Lipinski definition) is 1. The molecule has 1 aliphatic carbocycles. The van der Waals surface area contributed by atoms with E-state index in [-0.39, 0.29) is 29.3 Å². The molecule has 0 aromatic heterocycles. The number of nitrogens with one attached hydrogen (secondary N) is 1. The lowest BCUT2D eigenvalue weighted by atomic mass is 10.0. The summed E-state index contributed by atoms with van der Waals surface area (Å²) in [5.41, 5.74) is 4.04. The maximum Gasteiger partial charge on any atom is 0.269 e. The Labute approximate surface area is 234 Å². The number of carbonyl (C=O) groups excluding carboxylic acids is 2. The van der Waals surface area contributed by atoms with Crippen LogP contribution < -0.4 is 5.32 Å². The summed E-state index contributed by atoms with van der Waals surface area (Å²) in [5.74, 6) is 0.533. The highest BCUT2D eigenvalue weighted by atomic mass is 32.2. The molecular formula is C31H35N3O4S. The Balaban J connectivity index is 1.55. The van der Waals surface area contributed by atoms with Crippen LogP contribution in [0.5, 0.6) is 0 Å². The molecule has 2 amide bonds. The summed E-state index contributed by atoms with van der Waals surface area (Å²) in [6.07, 6.45) is 4.60. The second-order valence-corrected chi connectivity index (χ2v) is 11.0. The predicted molar refractivity (Wildman–Crippen MR) is 155 cm³/mol. The minimum absolute atomic E-state index is 0.0428. The summed E-state index contributed by atoms with van der Waals surface area (Å²) in [4.78, 5) is 39.8. The third-order valence-electron chi connectivity index (χ3n) is 7.22. The fourth-order valence-corrected chi connectivity index (χ4v) is 5.82. The Bertz CT molecular complexity index is 1260. The van der Waals surface area contributed by atoms with E-state index in [4.69, 9.17) is 0 Å². The highest BCUT2D eigenvalue weighted by Gasteiger charge is 2.32. The number of benzene rings is 3. The number of hydrogen-bond acceptors (Lipinski definition) is 5. The van der Waals surface area contributed by atoms with Gasteiger partial charge in [-0.25, -0.2) is 0 Å². The van der Waals surface area contributed by atoms with Gasteiger partial charge in [0.2, 0.25) is 11.8 Å². The molecule has 3 aromatic rings. The van der Waals surface area contributed by atoms with Gasteiger partial charge in [-0.1, -0.05) is 79.6 Å². The molecule has 0 unspecified atom stereocenters. The van der Waals surface area contributed by atoms with Crippen molar-refractivity contribution in [3.63, 3.8) is 0 Å². The Morgan fingerprint density at radius 1 is 0.974 bits per heavy atom. The van der Waals surface area contributed by atoms with Crippen molar-refractivity contribution in [3.8, 4) is 0 Å². The highest BCUT2D eigenvalue weighted by Crippen LogP contribution is 2.22. The first kappa shape index (κ1) is 28.4. The fraction of sp³-hybridized carbons (Fsp3) is 0.355. The topological polar surface area (TPSA) is 92.6 Å². The molecule has 0 bridgehead atoms. The van der Waals surface area contributed by atoms with Crippen LogP contribution in [0.15, 0.2) is 78.9 Å². The molecule has 204 valence electrons. The minimum Gasteiger partial charge on any atom is -0.352 e. The van der Waals surface area contributed by atoms with Crippen LogP contribution in [0, 0.1) is 17.0 Å². The summed E-state index contributed by atoms with van der Waals surface area (Å²) < 4.78 is 0. The van der Waals surface area contributed by atoms with E-state index >= 15 is 0 Å². The molecule has 3 aromatic carbocycles. The van der Waals surface area contributed by atoms with Gasteiger partial charge < -0.3 is 10.2 Å². The van der Waals surface area contributed by atoms with Crippen molar-refractivity contribution in [1.82, 2.24) is 10.2 Å². The molecule has 7 nitrogen and oxygen atoms in total. The van der Waals surface area contributed by atoms with Gasteiger partial charge in [0.25, 0.3) is 5.69 Å². The van der Waals surface area contributed by atoms with E-state index < -0.39 is 11.0 Å². The standard InChI is InChI=1S/C31H35N3O4S/c1-23-9-5-6-12-26(23)20-33(30(35)22-39-21-25-15-17-28(18-16-25)34(37)38)29(19-24-10-3-2-4-11-24)31(36)32-27-13-7-8-14-27/h2-6,9-12,15-18,27,29H,7-8,13-14,19-22H2,1H3,(H,32,36)/t29-/m1/s1. The maximum atomic E-state index is 13.8. The van der Waals surface area contributed by atoms with E-state index in [1.165, 1.54) is 23.9 Å². The maximum absolute atomic E-state index is 13.8. The second kappa shape index (κ2) is 13.9. The van der Waals surface area contributed by atoms with Crippen LogP contribution in [-0.4, -0.2) is 39.5 Å². The van der Waals surface area contributed by atoms with Gasteiger partial charge >= 0.3 is 0 Å². The number of rotatable bonds is 12. The number of amides is 2. The molecule has 1 aliphatic rings. The van der Waals surface area contributed by atoms with Crippen molar-refractivity contribution in [3.05, 3.63) is 111 Å². The third kappa shape index (κ3) is 8.17. The first-order valence-corrected chi connectivity index (χ1v) is 14.6. The zero-order valence-electron chi connectivity index (χ0n) is 22.3. The van der Waals surface area contributed by atoms with E-state index in [0.717, 1.165) is 47.9 Å². The molecule has 39 heavy (non-hydrogen) atoms. The highest BCUT2D eigenvalue weighted by molar-refractivity contribution is 7.99. The lowest BCUT2D eigenvalue weighted by Gasteiger charge is -2.32. The van der Waals surface area contributed by atoms with Gasteiger partial charge in [0, 0.05) is 36.9 Å². The third-order valence-corrected chi connectivity index (χ3v) is 8.20. The fourth-order valence-electron chi connectivity index (χ4n) is 4.95. The molecular weight excluding hydrogens is 510 g/mol. The zero-order chi connectivity index (χ0) is 27.6. The van der Waals surface area contributed by atoms with Crippen molar-refractivity contribution in [2.75, 3.05) is 5.75 Å². The van der Waals surface area contributed by atoms with Gasteiger partial charge in [0.15, 0.2) is 0 Å². The smallest absolute Gasteiger partial charge is 0.269 e. The number of thioether (sulfide) groups is 1. The minimum atomic E-state index is -0.639. The molecule has 8 heteroatoms. The van der Waals surface area contributed by atoms with Gasteiger partial charge in [-0.05, 0) is 42.0 Å².